The summed E-state index contributed by atoms with van der Waals surface area (Å²) in [5.41, 5.74) is 4.17. The Kier molecular flexibility index (Phi) is 6.87. The minimum absolute atomic E-state index is 0.209. The number of nitrogens with zero attached hydrogens (tertiary/aromatic N) is 2. The van der Waals surface area contributed by atoms with E-state index in [0.29, 0.717) is 35.2 Å². The van der Waals surface area contributed by atoms with Crippen molar-refractivity contribution in [2.75, 3.05) is 21.3 Å². The first-order chi connectivity index (χ1) is 16.5. The zero-order valence-electron chi connectivity index (χ0n) is 19.6. The molecule has 0 aliphatic heterocycles. The molecule has 0 unspecified atom stereocenters. The second-order valence-electron chi connectivity index (χ2n) is 7.72. The fourth-order valence-corrected chi connectivity index (χ4v) is 3.59. The van der Waals surface area contributed by atoms with Crippen LogP contribution < -0.4 is 24.3 Å². The number of benzene rings is 2. The SMILES string of the molecule is COc1cc(OC)c(OC)cc1CNC(=O)c1ccc(OCc2cn3cc(C)ccc3n2)cc1. The van der Waals surface area contributed by atoms with E-state index >= 15 is 0 Å². The van der Waals surface area contributed by atoms with Crippen molar-refractivity contribution in [2.24, 2.45) is 0 Å². The number of ether oxygens (including phenoxy) is 4. The number of pyridine rings is 1. The molecule has 0 spiro atoms. The first kappa shape index (κ1) is 23.0. The predicted octanol–water partition coefficient (Wildman–Crippen LogP) is 4.18. The highest BCUT2D eigenvalue weighted by molar-refractivity contribution is 5.94. The van der Waals surface area contributed by atoms with Crippen LogP contribution in [0.1, 0.15) is 27.2 Å². The molecule has 8 nitrogen and oxygen atoms in total. The van der Waals surface area contributed by atoms with Crippen molar-refractivity contribution in [1.29, 1.82) is 0 Å². The Morgan fingerprint density at radius 2 is 1.62 bits per heavy atom. The Morgan fingerprint density at radius 1 is 0.912 bits per heavy atom. The summed E-state index contributed by atoms with van der Waals surface area (Å²) in [7, 11) is 4.69. The standard InChI is InChI=1S/C26H27N3O5/c1-17-5-10-25-28-20(15-29(25)14-17)16-34-21-8-6-18(7-9-21)26(30)27-13-19-11-23(32-3)24(33-4)12-22(19)31-2/h5-12,14-15H,13,16H2,1-4H3,(H,27,30). The van der Waals surface area contributed by atoms with E-state index in [0.717, 1.165) is 22.5 Å². The molecule has 0 aliphatic rings. The molecule has 176 valence electrons. The molecule has 0 radical (unpaired) electrons. The molecule has 4 rings (SSSR count). The first-order valence-corrected chi connectivity index (χ1v) is 10.7. The Morgan fingerprint density at radius 3 is 2.32 bits per heavy atom. The summed E-state index contributed by atoms with van der Waals surface area (Å²) >= 11 is 0. The van der Waals surface area contributed by atoms with Gasteiger partial charge in [-0.25, -0.2) is 4.98 Å². The largest absolute Gasteiger partial charge is 0.496 e. The van der Waals surface area contributed by atoms with Crippen LogP contribution >= 0.6 is 0 Å². The molecule has 0 saturated carbocycles. The van der Waals surface area contributed by atoms with Crippen molar-refractivity contribution in [3.05, 3.63) is 83.3 Å². The highest BCUT2D eigenvalue weighted by Crippen LogP contribution is 2.34. The summed E-state index contributed by atoms with van der Waals surface area (Å²) in [5, 5.41) is 2.91. The minimum atomic E-state index is -0.209. The van der Waals surface area contributed by atoms with Gasteiger partial charge in [0.1, 0.15) is 23.8 Å². The molecule has 4 aromatic rings. The summed E-state index contributed by atoms with van der Waals surface area (Å²) < 4.78 is 23.9. The Balaban J connectivity index is 1.36. The zero-order chi connectivity index (χ0) is 24.1. The molecule has 34 heavy (non-hydrogen) atoms. The average molecular weight is 462 g/mol. The van der Waals surface area contributed by atoms with E-state index in [1.807, 2.05) is 35.9 Å². The summed E-state index contributed by atoms with van der Waals surface area (Å²) in [5.74, 6) is 2.17. The number of fused-ring (bicyclic) bond motifs is 1. The van der Waals surface area contributed by atoms with Crippen LogP contribution in [-0.2, 0) is 13.2 Å². The van der Waals surface area contributed by atoms with Crippen molar-refractivity contribution < 1.29 is 23.7 Å². The normalized spacial score (nSPS) is 10.7. The zero-order valence-corrected chi connectivity index (χ0v) is 19.6. The molecular weight excluding hydrogens is 434 g/mol. The van der Waals surface area contributed by atoms with Crippen molar-refractivity contribution in [1.82, 2.24) is 14.7 Å². The van der Waals surface area contributed by atoms with Crippen LogP contribution in [0.15, 0.2) is 60.9 Å². The lowest BCUT2D eigenvalue weighted by molar-refractivity contribution is 0.0950. The van der Waals surface area contributed by atoms with Gasteiger partial charge in [0.2, 0.25) is 0 Å². The number of nitrogens with one attached hydrogen (secondary N) is 1. The second kappa shape index (κ2) is 10.2. The van der Waals surface area contributed by atoms with Gasteiger partial charge in [-0.3, -0.25) is 4.79 Å². The minimum Gasteiger partial charge on any atom is -0.496 e. The number of carbonyl (C=O) groups excluding carboxylic acids is 1. The van der Waals surface area contributed by atoms with Gasteiger partial charge >= 0.3 is 0 Å². The van der Waals surface area contributed by atoms with E-state index < -0.39 is 0 Å². The van der Waals surface area contributed by atoms with E-state index in [-0.39, 0.29) is 12.5 Å². The van der Waals surface area contributed by atoms with Crippen molar-refractivity contribution >= 4 is 11.6 Å². The maximum absolute atomic E-state index is 12.7. The molecule has 1 amide bonds. The number of aromatic nitrogens is 2. The fraction of sp³-hybridized carbons (Fsp3) is 0.231. The van der Waals surface area contributed by atoms with E-state index in [1.54, 1.807) is 57.7 Å². The van der Waals surface area contributed by atoms with Gasteiger partial charge in [0.25, 0.3) is 5.91 Å². The lowest BCUT2D eigenvalue weighted by Gasteiger charge is -2.14. The van der Waals surface area contributed by atoms with Gasteiger partial charge in [0.05, 0.1) is 27.0 Å². The smallest absolute Gasteiger partial charge is 0.251 e. The van der Waals surface area contributed by atoms with Crippen molar-refractivity contribution in [3.63, 3.8) is 0 Å². The number of carbonyl (C=O) groups is 1. The van der Waals surface area contributed by atoms with Crippen LogP contribution in [0.25, 0.3) is 5.65 Å². The van der Waals surface area contributed by atoms with Crippen LogP contribution in [0.5, 0.6) is 23.0 Å². The van der Waals surface area contributed by atoms with Gasteiger partial charge < -0.3 is 28.7 Å². The first-order valence-electron chi connectivity index (χ1n) is 10.7. The molecule has 2 aromatic heterocycles. The van der Waals surface area contributed by atoms with Gasteiger partial charge in [-0.05, 0) is 48.9 Å². The van der Waals surface area contributed by atoms with E-state index in [4.69, 9.17) is 18.9 Å². The summed E-state index contributed by atoms with van der Waals surface area (Å²) in [4.78, 5) is 17.2. The number of hydrogen-bond acceptors (Lipinski definition) is 6. The molecule has 0 saturated heterocycles. The lowest BCUT2D eigenvalue weighted by Crippen LogP contribution is -2.23. The second-order valence-corrected chi connectivity index (χ2v) is 7.72. The number of amides is 1. The van der Waals surface area contributed by atoms with E-state index in [1.165, 1.54) is 0 Å². The summed E-state index contributed by atoms with van der Waals surface area (Å²) in [6.45, 7) is 2.65. The Labute approximate surface area is 198 Å². The molecule has 0 aliphatic carbocycles. The van der Waals surface area contributed by atoms with Crippen LogP contribution in [0.3, 0.4) is 0 Å². The van der Waals surface area contributed by atoms with Gasteiger partial charge in [0.15, 0.2) is 11.5 Å². The number of methoxy groups -OCH3 is 3. The third-order valence-electron chi connectivity index (χ3n) is 5.38. The summed E-state index contributed by atoms with van der Waals surface area (Å²) in [6.07, 6.45) is 3.98. The van der Waals surface area contributed by atoms with E-state index in [2.05, 4.69) is 10.3 Å². The van der Waals surface area contributed by atoms with E-state index in [9.17, 15) is 4.79 Å². The Bertz CT molecular complexity index is 1300. The van der Waals surface area contributed by atoms with Gasteiger partial charge in [-0.2, -0.15) is 0 Å². The molecule has 0 bridgehead atoms. The van der Waals surface area contributed by atoms with Crippen LogP contribution in [0.4, 0.5) is 0 Å². The molecule has 2 heterocycles. The highest BCUT2D eigenvalue weighted by Gasteiger charge is 2.13. The molecule has 1 N–H and O–H groups in total. The Hall–Kier alpha value is -4.20. The fourth-order valence-electron chi connectivity index (χ4n) is 3.59. The van der Waals surface area contributed by atoms with Crippen molar-refractivity contribution in [2.45, 2.75) is 20.1 Å². The third kappa shape index (κ3) is 5.06. The van der Waals surface area contributed by atoms with Crippen LogP contribution in [0.2, 0.25) is 0 Å². The molecule has 8 heteroatoms. The maximum atomic E-state index is 12.7. The number of imidazole rings is 1. The number of hydrogen-bond donors (Lipinski definition) is 1. The summed E-state index contributed by atoms with van der Waals surface area (Å²) in [6, 6.07) is 14.5. The average Bonchev–Trinajstić information content (AvgIpc) is 3.27. The number of rotatable bonds is 9. The topological polar surface area (TPSA) is 83.3 Å². The molecule has 0 atom stereocenters. The molecule has 2 aromatic carbocycles. The van der Waals surface area contributed by atoms with Crippen molar-refractivity contribution in [3.8, 4) is 23.0 Å². The third-order valence-corrected chi connectivity index (χ3v) is 5.38. The monoisotopic (exact) mass is 461 g/mol. The predicted molar refractivity (Wildman–Crippen MR) is 128 cm³/mol. The molecule has 0 fully saturated rings. The quantitative estimate of drug-likeness (QED) is 0.403. The van der Waals surface area contributed by atoms with Gasteiger partial charge in [-0.15, -0.1) is 0 Å². The highest BCUT2D eigenvalue weighted by atomic mass is 16.5. The molecular formula is C26H27N3O5. The lowest BCUT2D eigenvalue weighted by atomic mass is 10.1. The van der Waals surface area contributed by atoms with Crippen LogP contribution in [-0.4, -0.2) is 36.6 Å². The van der Waals surface area contributed by atoms with Crippen LogP contribution in [0, 0.1) is 6.92 Å². The maximum Gasteiger partial charge on any atom is 0.251 e. The number of aryl methyl sites for hydroxylation is 1. The van der Waals surface area contributed by atoms with Gasteiger partial charge in [0, 0.05) is 36.1 Å². The van der Waals surface area contributed by atoms with Gasteiger partial charge in [-0.1, -0.05) is 6.07 Å².